The molecule has 0 N–H and O–H groups in total. The number of benzene rings is 14. The Morgan fingerprint density at radius 2 is 0.786 bits per heavy atom. The Morgan fingerprint density at radius 3 is 1.48 bits per heavy atom. The van der Waals surface area contributed by atoms with E-state index in [-0.39, 0.29) is 11.8 Å². The molecule has 2 spiro atoms. The molecule has 0 amide bonds. The van der Waals surface area contributed by atoms with Crippen molar-refractivity contribution in [1.82, 2.24) is 0 Å². The molecule has 0 saturated heterocycles. The highest BCUT2D eigenvalue weighted by atomic mass is 32.1. The molecule has 5 aliphatic rings. The summed E-state index contributed by atoms with van der Waals surface area (Å²) in [6.07, 6.45) is 7.79. The fraction of sp³-hybridized carbons (Fsp3) is 0.0488. The van der Waals surface area contributed by atoms with Crippen LogP contribution in [0.3, 0.4) is 0 Å². The molecule has 5 aliphatic carbocycles. The van der Waals surface area contributed by atoms with Gasteiger partial charge in [0.05, 0.1) is 10.8 Å². The molecule has 16 aromatic rings. The topological polar surface area (TPSA) is 0 Å². The van der Waals surface area contributed by atoms with Gasteiger partial charge in [-0.3, -0.25) is 0 Å². The zero-order valence-corrected chi connectivity index (χ0v) is 47.0. The number of hydrogen-bond donors (Lipinski definition) is 0. The minimum atomic E-state index is -0.547. The highest BCUT2D eigenvalue weighted by Crippen LogP contribution is 2.69. The second-order valence-corrected chi connectivity index (χ2v) is 26.4. The second-order valence-electron chi connectivity index (χ2n) is 24.3. The van der Waals surface area contributed by atoms with E-state index in [0.29, 0.717) is 0 Å². The maximum absolute atomic E-state index is 2.71. The van der Waals surface area contributed by atoms with Crippen molar-refractivity contribution in [2.24, 2.45) is 5.92 Å². The van der Waals surface area contributed by atoms with Crippen LogP contribution in [-0.4, -0.2) is 0 Å². The third-order valence-electron chi connectivity index (χ3n) is 20.9. The van der Waals surface area contributed by atoms with Crippen molar-refractivity contribution in [1.29, 1.82) is 0 Å². The highest BCUT2D eigenvalue weighted by Gasteiger charge is 2.58. The molecule has 3 atom stereocenters. The van der Waals surface area contributed by atoms with Gasteiger partial charge in [-0.2, -0.15) is 0 Å². The lowest BCUT2D eigenvalue weighted by Crippen LogP contribution is -2.33. The van der Waals surface area contributed by atoms with Gasteiger partial charge in [-0.1, -0.05) is 237 Å². The Morgan fingerprint density at radius 1 is 0.310 bits per heavy atom. The average Bonchev–Trinajstić information content (AvgIpc) is 1.97. The first-order chi connectivity index (χ1) is 41.7. The lowest BCUT2D eigenvalue weighted by molar-refractivity contribution is 0.467. The molecule has 2 heteroatoms. The normalized spacial score (nSPS) is 18.2. The first-order valence-electron chi connectivity index (χ1n) is 29.6. The summed E-state index contributed by atoms with van der Waals surface area (Å²) in [4.78, 5) is 0. The molecule has 2 heterocycles. The van der Waals surface area contributed by atoms with Gasteiger partial charge in [-0.25, -0.2) is 0 Å². The fourth-order valence-corrected chi connectivity index (χ4v) is 20.4. The SMILES string of the molecule is C1=CC2c3c(cc4c5cccc6c7c(cc(c8cccc3c84)c65)C3(c4ccccc4-c4ccc(-c5cccc6c5sc5ccccc56)cc43)c3ccccc3-7)C3(c4ccccc4-c4ccccc43)C2C=C1c1cccc2c1sc1ccccc12. The van der Waals surface area contributed by atoms with Crippen molar-refractivity contribution in [3.8, 4) is 44.5 Å². The molecule has 0 saturated carbocycles. The summed E-state index contributed by atoms with van der Waals surface area (Å²) < 4.78 is 5.38. The van der Waals surface area contributed by atoms with E-state index in [9.17, 15) is 0 Å². The molecule has 0 fully saturated rings. The van der Waals surface area contributed by atoms with E-state index >= 15 is 0 Å². The van der Waals surface area contributed by atoms with E-state index in [1.807, 2.05) is 22.7 Å². The Hall–Kier alpha value is -9.70. The van der Waals surface area contributed by atoms with Gasteiger partial charge in [-0.15, -0.1) is 22.7 Å². The van der Waals surface area contributed by atoms with Crippen molar-refractivity contribution in [2.75, 3.05) is 0 Å². The minimum absolute atomic E-state index is 0.126. The third-order valence-corrected chi connectivity index (χ3v) is 23.3. The van der Waals surface area contributed by atoms with Crippen LogP contribution >= 0.6 is 22.7 Å². The van der Waals surface area contributed by atoms with E-state index in [1.165, 1.54) is 184 Å². The van der Waals surface area contributed by atoms with Gasteiger partial charge in [0.15, 0.2) is 0 Å². The van der Waals surface area contributed by atoms with Crippen LogP contribution < -0.4 is 0 Å². The summed E-state index contributed by atoms with van der Waals surface area (Å²) in [6.45, 7) is 0. The zero-order chi connectivity index (χ0) is 54.3. The quantitative estimate of drug-likeness (QED) is 0.120. The van der Waals surface area contributed by atoms with E-state index in [0.717, 1.165) is 0 Å². The molecular formula is C82H46S2. The zero-order valence-electron chi connectivity index (χ0n) is 45.4. The third kappa shape index (κ3) is 5.18. The molecule has 21 rings (SSSR count). The number of rotatable bonds is 2. The molecule has 2 aromatic heterocycles. The second kappa shape index (κ2) is 15.7. The summed E-state index contributed by atoms with van der Waals surface area (Å²) in [6, 6.07) is 96.6. The smallest absolute Gasteiger partial charge is 0.0726 e. The molecule has 0 nitrogen and oxygen atoms in total. The largest absolute Gasteiger partial charge is 0.135 e. The van der Waals surface area contributed by atoms with Gasteiger partial charge in [0.25, 0.3) is 0 Å². The number of thiophene rings is 2. The summed E-state index contributed by atoms with van der Waals surface area (Å²) in [5.41, 5.74) is 23.5. The Bertz CT molecular complexity index is 5730. The van der Waals surface area contributed by atoms with E-state index < -0.39 is 10.8 Å². The summed E-state index contributed by atoms with van der Waals surface area (Å²) >= 11 is 3.85. The van der Waals surface area contributed by atoms with Crippen molar-refractivity contribution in [3.05, 3.63) is 317 Å². The lowest BCUT2D eigenvalue weighted by Gasteiger charge is -2.37. The van der Waals surface area contributed by atoms with Gasteiger partial charge < -0.3 is 0 Å². The summed E-state index contributed by atoms with van der Waals surface area (Å²) in [7, 11) is 0. The van der Waals surface area contributed by atoms with Crippen LogP contribution in [0.4, 0.5) is 0 Å². The number of allylic oxidation sites excluding steroid dienone is 4. The molecule has 0 bridgehead atoms. The van der Waals surface area contributed by atoms with Gasteiger partial charge >= 0.3 is 0 Å². The molecule has 386 valence electrons. The summed E-state index contributed by atoms with van der Waals surface area (Å²) in [5, 5.41) is 16.1. The predicted octanol–water partition coefficient (Wildman–Crippen LogP) is 22.2. The molecule has 0 aliphatic heterocycles. The van der Waals surface area contributed by atoms with Crippen LogP contribution in [0.1, 0.15) is 56.0 Å². The average molecular weight is 1100 g/mol. The maximum Gasteiger partial charge on any atom is 0.0726 e. The number of fused-ring (bicyclic) bond motifs is 30. The predicted molar refractivity (Wildman–Crippen MR) is 357 cm³/mol. The molecular weight excluding hydrogens is 1050 g/mol. The van der Waals surface area contributed by atoms with Crippen molar-refractivity contribution in [3.63, 3.8) is 0 Å². The van der Waals surface area contributed by atoms with Crippen LogP contribution in [0.2, 0.25) is 0 Å². The Balaban J connectivity index is 0.853. The van der Waals surface area contributed by atoms with Crippen LogP contribution in [-0.2, 0) is 10.8 Å². The van der Waals surface area contributed by atoms with Crippen molar-refractivity contribution in [2.45, 2.75) is 16.7 Å². The van der Waals surface area contributed by atoms with E-state index in [1.54, 1.807) is 0 Å². The molecule has 0 radical (unpaired) electrons. The van der Waals surface area contributed by atoms with Crippen LogP contribution in [0.25, 0.3) is 134 Å². The molecule has 84 heavy (non-hydrogen) atoms. The number of hydrogen-bond acceptors (Lipinski definition) is 2. The molecule has 14 aromatic carbocycles. The van der Waals surface area contributed by atoms with Crippen molar-refractivity contribution >= 4 is 112 Å². The van der Waals surface area contributed by atoms with E-state index in [4.69, 9.17) is 0 Å². The van der Waals surface area contributed by atoms with Crippen molar-refractivity contribution < 1.29 is 0 Å². The monoisotopic (exact) mass is 1090 g/mol. The highest BCUT2D eigenvalue weighted by molar-refractivity contribution is 7.26. The standard InChI is InChI=1S/C82H46S2/c1-7-31-65-49(17-1)50-18-2-8-32-66(50)81(65)70-42-46(48-24-14-28-58-54-21-6-12-36-74(54)84-80(48)58)38-40-60(70)78-62-30-16-26-56-63-43-71-77(61-29-15-25-55(75(61)63)64(76(56)62)44-72(78)81)59-22-4-10-34-68(59)82(71)67-33-9-3-19-51(67)52-39-37-45(41-69(52)82)47-23-13-27-57-53-20-5-11-35-73(53)83-79(47)57/h1-44,60,70H. The minimum Gasteiger partial charge on any atom is -0.135 e. The van der Waals surface area contributed by atoms with Crippen LogP contribution in [0, 0.1) is 5.92 Å². The summed E-state index contributed by atoms with van der Waals surface area (Å²) in [5.74, 6) is 0.268. The van der Waals surface area contributed by atoms with Gasteiger partial charge in [0, 0.05) is 52.2 Å². The Kier molecular flexibility index (Phi) is 8.38. The fourth-order valence-electron chi connectivity index (χ4n) is 17.9. The maximum atomic E-state index is 2.71. The Labute approximate surface area is 492 Å². The van der Waals surface area contributed by atoms with Gasteiger partial charge in [-0.05, 0) is 174 Å². The van der Waals surface area contributed by atoms with Crippen LogP contribution in [0.5, 0.6) is 0 Å². The van der Waals surface area contributed by atoms with E-state index in [2.05, 4.69) is 267 Å². The van der Waals surface area contributed by atoms with Gasteiger partial charge in [0.1, 0.15) is 0 Å². The lowest BCUT2D eigenvalue weighted by atomic mass is 9.64. The first kappa shape index (κ1) is 44.9. The first-order valence-corrected chi connectivity index (χ1v) is 31.3. The van der Waals surface area contributed by atoms with Crippen LogP contribution in [0.15, 0.2) is 267 Å². The molecule has 3 unspecified atom stereocenters. The van der Waals surface area contributed by atoms with Gasteiger partial charge in [0.2, 0.25) is 0 Å².